The van der Waals surface area contributed by atoms with E-state index in [1.807, 2.05) is 0 Å². The van der Waals surface area contributed by atoms with Crippen LogP contribution >= 0.6 is 0 Å². The van der Waals surface area contributed by atoms with Crippen LogP contribution in [0.5, 0.6) is 5.75 Å². The molecule has 0 aliphatic carbocycles. The normalized spacial score (nSPS) is 20.7. The first-order chi connectivity index (χ1) is 10.9. The topological polar surface area (TPSA) is 84.7 Å². The summed E-state index contributed by atoms with van der Waals surface area (Å²) in [6, 6.07) is 8.28. The Labute approximate surface area is 133 Å². The van der Waals surface area contributed by atoms with E-state index in [9.17, 15) is 9.59 Å². The van der Waals surface area contributed by atoms with Gasteiger partial charge in [-0.15, -0.1) is 0 Å². The van der Waals surface area contributed by atoms with Gasteiger partial charge < -0.3 is 14.6 Å². The maximum absolute atomic E-state index is 12.8. The second kappa shape index (κ2) is 5.42. The summed E-state index contributed by atoms with van der Waals surface area (Å²) < 4.78 is 10.1. The smallest absolute Gasteiger partial charge is 0.325 e. The van der Waals surface area contributed by atoms with Crippen LogP contribution in [-0.2, 0) is 16.9 Å². The average Bonchev–Trinajstić information content (AvgIpc) is 3.05. The Bertz CT molecular complexity index is 753. The van der Waals surface area contributed by atoms with Crippen LogP contribution in [0.4, 0.5) is 4.79 Å². The van der Waals surface area contributed by atoms with E-state index in [2.05, 4.69) is 10.5 Å². The molecule has 7 heteroatoms. The van der Waals surface area contributed by atoms with Gasteiger partial charge in [-0.2, -0.15) is 0 Å². The third-order valence-corrected chi connectivity index (χ3v) is 3.94. The molecule has 1 fully saturated rings. The van der Waals surface area contributed by atoms with Gasteiger partial charge in [0.25, 0.3) is 5.91 Å². The van der Waals surface area contributed by atoms with Crippen molar-refractivity contribution in [2.45, 2.75) is 25.9 Å². The number of imide groups is 1. The molecule has 1 aromatic heterocycles. The summed E-state index contributed by atoms with van der Waals surface area (Å²) in [5.41, 5.74) is 0.114. The number of aromatic nitrogens is 1. The molecule has 1 aromatic carbocycles. The van der Waals surface area contributed by atoms with Gasteiger partial charge in [-0.05, 0) is 31.5 Å². The molecule has 1 N–H and O–H groups in total. The molecule has 0 saturated carbocycles. The van der Waals surface area contributed by atoms with E-state index < -0.39 is 11.6 Å². The van der Waals surface area contributed by atoms with Crippen LogP contribution in [-0.4, -0.2) is 29.1 Å². The third kappa shape index (κ3) is 2.54. The predicted molar refractivity (Wildman–Crippen MR) is 80.7 cm³/mol. The minimum Gasteiger partial charge on any atom is -0.497 e. The standard InChI is InChI=1S/C16H17N3O4/c1-10-8-12(18-23-10)9-19-14(20)16(2,17-15(19)21)11-4-6-13(22-3)7-5-11/h4-8H,9H2,1-3H3,(H,17,21)/t16-/m0/s1. The van der Waals surface area contributed by atoms with Gasteiger partial charge in [0.05, 0.1) is 13.7 Å². The van der Waals surface area contributed by atoms with Crippen molar-refractivity contribution in [1.82, 2.24) is 15.4 Å². The van der Waals surface area contributed by atoms with Gasteiger partial charge in [-0.25, -0.2) is 4.79 Å². The first-order valence-electron chi connectivity index (χ1n) is 7.15. The summed E-state index contributed by atoms with van der Waals surface area (Å²) in [4.78, 5) is 26.1. The van der Waals surface area contributed by atoms with Crippen molar-refractivity contribution < 1.29 is 18.8 Å². The van der Waals surface area contributed by atoms with Gasteiger partial charge in [0.2, 0.25) is 0 Å². The van der Waals surface area contributed by atoms with E-state index in [4.69, 9.17) is 9.26 Å². The number of hydrogen-bond donors (Lipinski definition) is 1. The number of nitrogens with zero attached hydrogens (tertiary/aromatic N) is 2. The molecule has 0 bridgehead atoms. The third-order valence-electron chi connectivity index (χ3n) is 3.94. The number of ether oxygens (including phenoxy) is 1. The van der Waals surface area contributed by atoms with Crippen molar-refractivity contribution in [3.05, 3.63) is 47.3 Å². The number of carbonyl (C=O) groups is 2. The molecular weight excluding hydrogens is 298 g/mol. The van der Waals surface area contributed by atoms with Crippen molar-refractivity contribution in [3.63, 3.8) is 0 Å². The fourth-order valence-corrected chi connectivity index (χ4v) is 2.62. The van der Waals surface area contributed by atoms with Gasteiger partial charge in [0, 0.05) is 6.07 Å². The first-order valence-corrected chi connectivity index (χ1v) is 7.15. The number of carbonyl (C=O) groups excluding carboxylic acids is 2. The molecule has 3 amide bonds. The Kier molecular flexibility index (Phi) is 3.55. The molecule has 1 aliphatic rings. The van der Waals surface area contributed by atoms with Crippen LogP contribution < -0.4 is 10.1 Å². The molecule has 0 spiro atoms. The average molecular weight is 315 g/mol. The second-order valence-electron chi connectivity index (χ2n) is 5.60. The van der Waals surface area contributed by atoms with Crippen molar-refractivity contribution in [2.75, 3.05) is 7.11 Å². The van der Waals surface area contributed by atoms with Gasteiger partial charge >= 0.3 is 6.03 Å². The molecule has 120 valence electrons. The SMILES string of the molecule is COc1ccc([C@]2(C)NC(=O)N(Cc3cc(C)on3)C2=O)cc1. The van der Waals surface area contributed by atoms with E-state index in [0.29, 0.717) is 22.8 Å². The number of methoxy groups -OCH3 is 1. The highest BCUT2D eigenvalue weighted by atomic mass is 16.5. The maximum atomic E-state index is 12.8. The Morgan fingerprint density at radius 2 is 2.00 bits per heavy atom. The van der Waals surface area contributed by atoms with E-state index >= 15 is 0 Å². The molecule has 2 heterocycles. The Balaban J connectivity index is 1.86. The number of nitrogens with one attached hydrogen (secondary N) is 1. The quantitative estimate of drug-likeness (QED) is 0.872. The maximum Gasteiger partial charge on any atom is 0.325 e. The Morgan fingerprint density at radius 3 is 2.57 bits per heavy atom. The molecule has 1 aliphatic heterocycles. The summed E-state index contributed by atoms with van der Waals surface area (Å²) in [5, 5.41) is 6.58. The lowest BCUT2D eigenvalue weighted by Crippen LogP contribution is -2.40. The number of aryl methyl sites for hydroxylation is 1. The zero-order chi connectivity index (χ0) is 16.6. The van der Waals surface area contributed by atoms with Gasteiger partial charge in [-0.3, -0.25) is 9.69 Å². The molecule has 7 nitrogen and oxygen atoms in total. The zero-order valence-corrected chi connectivity index (χ0v) is 13.1. The number of urea groups is 1. The Hall–Kier alpha value is -2.83. The summed E-state index contributed by atoms with van der Waals surface area (Å²) >= 11 is 0. The number of hydrogen-bond acceptors (Lipinski definition) is 5. The molecule has 0 radical (unpaired) electrons. The van der Waals surface area contributed by atoms with Gasteiger partial charge in [0.15, 0.2) is 0 Å². The lowest BCUT2D eigenvalue weighted by atomic mass is 9.92. The molecule has 1 atom stereocenters. The van der Waals surface area contributed by atoms with Crippen molar-refractivity contribution in [1.29, 1.82) is 0 Å². The number of benzene rings is 1. The summed E-state index contributed by atoms with van der Waals surface area (Å²) in [5.74, 6) is 0.988. The van der Waals surface area contributed by atoms with Crippen molar-refractivity contribution in [3.8, 4) is 5.75 Å². The first kappa shape index (κ1) is 15.1. The van der Waals surface area contributed by atoms with Crippen molar-refractivity contribution in [2.24, 2.45) is 0 Å². The minimum absolute atomic E-state index is 0.0771. The highest BCUT2D eigenvalue weighted by molar-refractivity contribution is 6.07. The lowest BCUT2D eigenvalue weighted by molar-refractivity contribution is -0.131. The lowest BCUT2D eigenvalue weighted by Gasteiger charge is -2.22. The summed E-state index contributed by atoms with van der Waals surface area (Å²) in [6.45, 7) is 3.51. The van der Waals surface area contributed by atoms with Crippen molar-refractivity contribution >= 4 is 11.9 Å². The van der Waals surface area contributed by atoms with Crippen LogP contribution in [0, 0.1) is 6.92 Å². The second-order valence-corrected chi connectivity index (χ2v) is 5.60. The van der Waals surface area contributed by atoms with Crippen LogP contribution in [0.25, 0.3) is 0 Å². The number of rotatable bonds is 4. The van der Waals surface area contributed by atoms with E-state index in [1.165, 1.54) is 0 Å². The molecule has 2 aromatic rings. The highest BCUT2D eigenvalue weighted by Crippen LogP contribution is 2.30. The van der Waals surface area contributed by atoms with Crippen LogP contribution in [0.2, 0.25) is 0 Å². The van der Waals surface area contributed by atoms with E-state index in [-0.39, 0.29) is 12.5 Å². The summed E-state index contributed by atoms with van der Waals surface area (Å²) in [6.07, 6.45) is 0. The molecular formula is C16H17N3O4. The zero-order valence-electron chi connectivity index (χ0n) is 13.1. The largest absolute Gasteiger partial charge is 0.497 e. The monoisotopic (exact) mass is 315 g/mol. The molecule has 3 rings (SSSR count). The fraction of sp³-hybridized carbons (Fsp3) is 0.312. The number of amides is 3. The fourth-order valence-electron chi connectivity index (χ4n) is 2.62. The van der Waals surface area contributed by atoms with Crippen LogP contribution in [0.15, 0.2) is 34.9 Å². The van der Waals surface area contributed by atoms with Crippen LogP contribution in [0.1, 0.15) is 23.9 Å². The highest BCUT2D eigenvalue weighted by Gasteiger charge is 2.49. The minimum atomic E-state index is -1.11. The van der Waals surface area contributed by atoms with E-state index in [0.717, 1.165) is 4.90 Å². The van der Waals surface area contributed by atoms with Gasteiger partial charge in [0.1, 0.15) is 22.7 Å². The molecule has 0 unspecified atom stereocenters. The molecule has 23 heavy (non-hydrogen) atoms. The molecule has 1 saturated heterocycles. The van der Waals surface area contributed by atoms with Gasteiger partial charge in [-0.1, -0.05) is 17.3 Å². The summed E-state index contributed by atoms with van der Waals surface area (Å²) in [7, 11) is 1.57. The predicted octanol–water partition coefficient (Wildman–Crippen LogP) is 1.96. The van der Waals surface area contributed by atoms with Crippen LogP contribution in [0.3, 0.4) is 0 Å². The Morgan fingerprint density at radius 1 is 1.30 bits per heavy atom. The van der Waals surface area contributed by atoms with E-state index in [1.54, 1.807) is 51.3 Å².